The van der Waals surface area contributed by atoms with Gasteiger partial charge >= 0.3 is 0 Å². The summed E-state index contributed by atoms with van der Waals surface area (Å²) in [7, 11) is 0. The maximum absolute atomic E-state index is 13.3. The highest BCUT2D eigenvalue weighted by atomic mass is 16.3. The molecule has 0 radical (unpaired) electrons. The number of hydrogen-bond donors (Lipinski definition) is 2. The summed E-state index contributed by atoms with van der Waals surface area (Å²) in [5, 5.41) is 9.67. The highest BCUT2D eigenvalue weighted by Crippen LogP contribution is 2.25. The molecular weight excluding hydrogens is 410 g/mol. The Morgan fingerprint density at radius 1 is 0.848 bits per heavy atom. The number of phenolic OH excluding ortho intramolecular Hbond substituents is 1. The van der Waals surface area contributed by atoms with Crippen molar-refractivity contribution in [3.8, 4) is 22.8 Å². The molecule has 0 unspecified atom stereocenters. The number of aromatic nitrogens is 3. The third-order valence-corrected chi connectivity index (χ3v) is 5.95. The van der Waals surface area contributed by atoms with Crippen LogP contribution in [0, 0.1) is 0 Å². The smallest absolute Gasteiger partial charge is 0.278 e. The molecule has 3 aromatic carbocycles. The average Bonchev–Trinajstić information content (AvgIpc) is 3.16. The second-order valence-electron chi connectivity index (χ2n) is 8.26. The molecule has 5 heteroatoms. The van der Waals surface area contributed by atoms with Gasteiger partial charge in [0.05, 0.1) is 11.4 Å². The predicted molar refractivity (Wildman–Crippen MR) is 130 cm³/mol. The number of fused-ring (bicyclic) bond motifs is 1. The zero-order valence-electron chi connectivity index (χ0n) is 18.5. The summed E-state index contributed by atoms with van der Waals surface area (Å²) in [4.78, 5) is 21.6. The van der Waals surface area contributed by atoms with Gasteiger partial charge in [-0.15, -0.1) is 0 Å². The molecule has 2 aliphatic heterocycles. The van der Waals surface area contributed by atoms with E-state index in [1.54, 1.807) is 22.9 Å². The largest absolute Gasteiger partial charge is 0.508 e. The van der Waals surface area contributed by atoms with Crippen LogP contribution in [0.4, 0.5) is 0 Å². The summed E-state index contributed by atoms with van der Waals surface area (Å²) in [5.41, 5.74) is 6.45. The Bertz CT molecular complexity index is 1400. The first-order valence-electron chi connectivity index (χ1n) is 11.1. The number of nitrogens with zero attached hydrogens (tertiary/aromatic N) is 2. The number of nitrogens with one attached hydrogen (secondary N) is 1. The summed E-state index contributed by atoms with van der Waals surface area (Å²) in [6.07, 6.45) is 3.90. The summed E-state index contributed by atoms with van der Waals surface area (Å²) in [6, 6.07) is 25.4. The van der Waals surface area contributed by atoms with Crippen LogP contribution in [0.3, 0.4) is 0 Å². The molecule has 2 heterocycles. The van der Waals surface area contributed by atoms with Gasteiger partial charge < -0.3 is 10.1 Å². The van der Waals surface area contributed by atoms with Gasteiger partial charge in [0, 0.05) is 19.0 Å². The fourth-order valence-corrected chi connectivity index (χ4v) is 4.09. The van der Waals surface area contributed by atoms with Crippen molar-refractivity contribution in [3.05, 3.63) is 123 Å². The van der Waals surface area contributed by atoms with Gasteiger partial charge in [-0.25, -0.2) is 4.98 Å². The minimum Gasteiger partial charge on any atom is -0.508 e. The van der Waals surface area contributed by atoms with Gasteiger partial charge in [-0.1, -0.05) is 61.5 Å². The Balaban J connectivity index is 1.61. The van der Waals surface area contributed by atoms with Gasteiger partial charge in [-0.3, -0.25) is 9.36 Å². The van der Waals surface area contributed by atoms with Gasteiger partial charge in [0.1, 0.15) is 11.4 Å². The lowest BCUT2D eigenvalue weighted by molar-refractivity contribution is 0.475. The standard InChI is InChI=1S/C28H25N3O2/c1-2-19-8-10-21(11-9-19)17-25-28(33)31-18-26(22-12-14-23(32)15-13-22)29-24(27(31)30-25)16-20-6-4-3-5-7-20/h3-15,18,29,32H,2,16-17H2,1H3. The molecule has 0 atom stereocenters. The minimum atomic E-state index is -0.104. The van der Waals surface area contributed by atoms with Gasteiger partial charge in [0.15, 0.2) is 5.82 Å². The normalized spacial score (nSPS) is 11.2. The molecule has 0 aliphatic carbocycles. The van der Waals surface area contributed by atoms with Crippen molar-refractivity contribution in [2.24, 2.45) is 0 Å². The van der Waals surface area contributed by atoms with E-state index in [1.807, 2.05) is 30.3 Å². The Morgan fingerprint density at radius 2 is 1.52 bits per heavy atom. The Hall–Kier alpha value is -4.12. The Morgan fingerprint density at radius 3 is 2.21 bits per heavy atom. The van der Waals surface area contributed by atoms with Gasteiger partial charge in [0.2, 0.25) is 0 Å². The zero-order chi connectivity index (χ0) is 22.8. The SMILES string of the molecule is CCc1ccc(Cc2nc3c(Cc4ccccc4)[nH]c(-c4ccc(O)cc4)cn-3c2=O)cc1. The number of aromatic hydroxyl groups is 1. The molecule has 5 nitrogen and oxygen atoms in total. The molecule has 0 saturated carbocycles. The van der Waals surface area contributed by atoms with Crippen LogP contribution < -0.4 is 5.56 Å². The number of imidazole rings is 1. The van der Waals surface area contributed by atoms with Crippen molar-refractivity contribution >= 4 is 0 Å². The van der Waals surface area contributed by atoms with Crippen molar-refractivity contribution in [2.45, 2.75) is 26.2 Å². The molecule has 164 valence electrons. The molecule has 5 rings (SSSR count). The van der Waals surface area contributed by atoms with Crippen LogP contribution in [0.25, 0.3) is 17.1 Å². The maximum Gasteiger partial charge on any atom is 0.278 e. The maximum atomic E-state index is 13.3. The van der Waals surface area contributed by atoms with Crippen LogP contribution >= 0.6 is 0 Å². The van der Waals surface area contributed by atoms with Crippen molar-refractivity contribution in [2.75, 3.05) is 0 Å². The number of aromatic amines is 1. The topological polar surface area (TPSA) is 70.9 Å². The van der Waals surface area contributed by atoms with Crippen molar-refractivity contribution < 1.29 is 5.11 Å². The molecule has 0 aromatic heterocycles. The lowest BCUT2D eigenvalue weighted by Gasteiger charge is -2.13. The number of phenols is 1. The summed E-state index contributed by atoms with van der Waals surface area (Å²) in [5.74, 6) is 0.847. The van der Waals surface area contributed by atoms with E-state index < -0.39 is 0 Å². The highest BCUT2D eigenvalue weighted by molar-refractivity contribution is 5.61. The van der Waals surface area contributed by atoms with E-state index >= 15 is 0 Å². The number of rotatable bonds is 6. The highest BCUT2D eigenvalue weighted by Gasteiger charge is 2.20. The second kappa shape index (κ2) is 8.79. The Labute approximate surface area is 192 Å². The molecule has 0 saturated heterocycles. The van der Waals surface area contributed by atoms with Crippen LogP contribution in [0.1, 0.15) is 35.0 Å². The molecule has 0 bridgehead atoms. The van der Waals surface area contributed by atoms with E-state index in [0.29, 0.717) is 24.4 Å². The van der Waals surface area contributed by atoms with Gasteiger partial charge in [-0.2, -0.15) is 0 Å². The van der Waals surface area contributed by atoms with E-state index in [9.17, 15) is 9.90 Å². The summed E-state index contributed by atoms with van der Waals surface area (Å²) in [6.45, 7) is 2.13. The molecule has 3 aromatic rings. The van der Waals surface area contributed by atoms with Crippen LogP contribution in [-0.4, -0.2) is 19.6 Å². The third kappa shape index (κ3) is 4.30. The van der Waals surface area contributed by atoms with Crippen LogP contribution in [0.15, 0.2) is 89.9 Å². The minimum absolute atomic E-state index is 0.104. The molecule has 2 N–H and O–H groups in total. The fourth-order valence-electron chi connectivity index (χ4n) is 4.09. The summed E-state index contributed by atoms with van der Waals surface area (Å²) >= 11 is 0. The monoisotopic (exact) mass is 435 g/mol. The summed E-state index contributed by atoms with van der Waals surface area (Å²) < 4.78 is 1.65. The number of benzene rings is 3. The number of aryl methyl sites for hydroxylation is 1. The van der Waals surface area contributed by atoms with Gasteiger partial charge in [-0.05, 0) is 52.9 Å². The predicted octanol–water partition coefficient (Wildman–Crippen LogP) is 5.12. The number of hydrogen-bond acceptors (Lipinski definition) is 3. The van der Waals surface area contributed by atoms with E-state index in [0.717, 1.165) is 34.5 Å². The first kappa shape index (κ1) is 20.8. The van der Waals surface area contributed by atoms with E-state index in [1.165, 1.54) is 5.56 Å². The molecular formula is C28H25N3O2. The molecule has 33 heavy (non-hydrogen) atoms. The lowest BCUT2D eigenvalue weighted by Crippen LogP contribution is -2.17. The first-order valence-corrected chi connectivity index (χ1v) is 11.1. The fraction of sp³-hybridized carbons (Fsp3) is 0.143. The molecule has 2 aliphatic rings. The van der Waals surface area contributed by atoms with Crippen LogP contribution in [0.2, 0.25) is 0 Å². The lowest BCUT2D eigenvalue weighted by atomic mass is 10.1. The van der Waals surface area contributed by atoms with Crippen LogP contribution in [-0.2, 0) is 19.3 Å². The molecule has 0 fully saturated rings. The quantitative estimate of drug-likeness (QED) is 0.389. The van der Waals surface area contributed by atoms with Crippen molar-refractivity contribution in [1.29, 1.82) is 0 Å². The zero-order valence-corrected chi connectivity index (χ0v) is 18.5. The van der Waals surface area contributed by atoms with E-state index in [-0.39, 0.29) is 11.3 Å². The molecule has 0 amide bonds. The number of H-pyrrole nitrogens is 1. The average molecular weight is 436 g/mol. The van der Waals surface area contributed by atoms with Crippen LogP contribution in [0.5, 0.6) is 5.75 Å². The van der Waals surface area contributed by atoms with Gasteiger partial charge in [0.25, 0.3) is 5.56 Å². The van der Waals surface area contributed by atoms with E-state index in [4.69, 9.17) is 4.98 Å². The Kier molecular flexibility index (Phi) is 5.53. The first-order chi connectivity index (χ1) is 16.1. The second-order valence-corrected chi connectivity index (χ2v) is 8.26. The third-order valence-electron chi connectivity index (χ3n) is 5.95. The molecule has 0 spiro atoms. The van der Waals surface area contributed by atoms with Crippen molar-refractivity contribution in [1.82, 2.24) is 14.5 Å². The van der Waals surface area contributed by atoms with Crippen molar-refractivity contribution in [3.63, 3.8) is 0 Å². The van der Waals surface area contributed by atoms with E-state index in [2.05, 4.69) is 48.3 Å².